The first-order valence-electron chi connectivity index (χ1n) is 4.96. The fourth-order valence-corrected chi connectivity index (χ4v) is 1.89. The molecular weight excluding hydrogens is 241 g/mol. The monoisotopic (exact) mass is 251 g/mol. The summed E-state index contributed by atoms with van der Waals surface area (Å²) in [4.78, 5) is 19.3. The van der Waals surface area contributed by atoms with Gasteiger partial charge >= 0.3 is 0 Å². The summed E-state index contributed by atoms with van der Waals surface area (Å²) in [7, 11) is 0. The van der Waals surface area contributed by atoms with Crippen LogP contribution in [-0.2, 0) is 6.54 Å². The third-order valence-electron chi connectivity index (χ3n) is 2.09. The lowest BCUT2D eigenvalue weighted by Crippen LogP contribution is -2.23. The topological polar surface area (TPSA) is 54.9 Å². The molecule has 1 amide bonds. The van der Waals surface area contributed by atoms with Crippen molar-refractivity contribution in [1.29, 1.82) is 0 Å². The zero-order valence-corrected chi connectivity index (χ0v) is 9.92. The third kappa shape index (κ3) is 3.07. The van der Waals surface area contributed by atoms with Gasteiger partial charge in [0.05, 0.1) is 22.8 Å². The summed E-state index contributed by atoms with van der Waals surface area (Å²) in [5.74, 6) is -0.889. The molecule has 0 radical (unpaired) electrons. The lowest BCUT2D eigenvalue weighted by atomic mass is 10.2. The SMILES string of the molecule is Cc1nc(CNC(=O)c2ccc(F)nc2)cs1. The van der Waals surface area contributed by atoms with Crippen molar-refractivity contribution >= 4 is 17.2 Å². The zero-order chi connectivity index (χ0) is 12.3. The molecule has 17 heavy (non-hydrogen) atoms. The van der Waals surface area contributed by atoms with Crippen LogP contribution in [0.25, 0.3) is 0 Å². The Kier molecular flexibility index (Phi) is 3.43. The first-order valence-corrected chi connectivity index (χ1v) is 5.84. The van der Waals surface area contributed by atoms with E-state index in [1.54, 1.807) is 0 Å². The number of aryl methyl sites for hydroxylation is 1. The lowest BCUT2D eigenvalue weighted by molar-refractivity contribution is 0.0950. The standard InChI is InChI=1S/C11H10FN3OS/c1-7-15-9(6-17-7)5-14-11(16)8-2-3-10(12)13-4-8/h2-4,6H,5H2,1H3,(H,14,16). The van der Waals surface area contributed by atoms with Gasteiger partial charge in [-0.05, 0) is 19.1 Å². The largest absolute Gasteiger partial charge is 0.346 e. The summed E-state index contributed by atoms with van der Waals surface area (Å²) in [5, 5.41) is 5.53. The summed E-state index contributed by atoms with van der Waals surface area (Å²) >= 11 is 1.53. The molecular formula is C11H10FN3OS. The number of amides is 1. The van der Waals surface area contributed by atoms with Crippen LogP contribution in [0.1, 0.15) is 21.1 Å². The van der Waals surface area contributed by atoms with Gasteiger partial charge < -0.3 is 5.32 Å². The molecule has 2 aromatic heterocycles. The maximum absolute atomic E-state index is 12.6. The van der Waals surface area contributed by atoms with E-state index in [4.69, 9.17) is 0 Å². The Morgan fingerprint density at radius 2 is 2.35 bits per heavy atom. The highest BCUT2D eigenvalue weighted by molar-refractivity contribution is 7.09. The molecule has 0 aliphatic heterocycles. The average molecular weight is 251 g/mol. The molecule has 0 atom stereocenters. The minimum absolute atomic E-state index is 0.289. The number of hydrogen-bond donors (Lipinski definition) is 1. The Hall–Kier alpha value is -1.82. The number of thiazole rings is 1. The van der Waals surface area contributed by atoms with Gasteiger partial charge in [-0.3, -0.25) is 4.79 Å². The van der Waals surface area contributed by atoms with Crippen LogP contribution in [0.2, 0.25) is 0 Å². The molecule has 2 aromatic rings. The molecule has 0 unspecified atom stereocenters. The van der Waals surface area contributed by atoms with Crippen LogP contribution in [0.4, 0.5) is 4.39 Å². The van der Waals surface area contributed by atoms with Gasteiger partial charge in [0.15, 0.2) is 0 Å². The number of halogens is 1. The molecule has 0 aliphatic carbocycles. The van der Waals surface area contributed by atoms with E-state index in [2.05, 4.69) is 15.3 Å². The molecule has 0 spiro atoms. The van der Waals surface area contributed by atoms with Crippen molar-refractivity contribution in [3.05, 3.63) is 45.9 Å². The fraction of sp³-hybridized carbons (Fsp3) is 0.182. The van der Waals surface area contributed by atoms with Crippen LogP contribution in [0.5, 0.6) is 0 Å². The predicted molar refractivity (Wildman–Crippen MR) is 62.2 cm³/mol. The Bertz CT molecular complexity index is 524. The number of nitrogens with zero attached hydrogens (tertiary/aromatic N) is 2. The van der Waals surface area contributed by atoms with Crippen LogP contribution in [0.3, 0.4) is 0 Å². The molecule has 2 rings (SSSR count). The first-order chi connectivity index (χ1) is 8.15. The van der Waals surface area contributed by atoms with Crippen molar-refractivity contribution in [2.24, 2.45) is 0 Å². The van der Waals surface area contributed by atoms with Gasteiger partial charge in [-0.15, -0.1) is 11.3 Å². The van der Waals surface area contributed by atoms with Gasteiger partial charge in [0.1, 0.15) is 0 Å². The van der Waals surface area contributed by atoms with Crippen LogP contribution in [0, 0.1) is 12.9 Å². The van der Waals surface area contributed by atoms with E-state index < -0.39 is 5.95 Å². The van der Waals surface area contributed by atoms with Gasteiger partial charge in [-0.2, -0.15) is 4.39 Å². The van der Waals surface area contributed by atoms with E-state index in [1.807, 2.05) is 12.3 Å². The fourth-order valence-electron chi connectivity index (χ4n) is 1.27. The second-order valence-electron chi connectivity index (χ2n) is 3.41. The molecule has 0 aromatic carbocycles. The van der Waals surface area contributed by atoms with Crippen LogP contribution in [-0.4, -0.2) is 15.9 Å². The van der Waals surface area contributed by atoms with E-state index in [1.165, 1.54) is 23.6 Å². The minimum Gasteiger partial charge on any atom is -0.346 e. The van der Waals surface area contributed by atoms with E-state index in [9.17, 15) is 9.18 Å². The Labute approximate surface area is 102 Å². The molecule has 6 heteroatoms. The van der Waals surface area contributed by atoms with Crippen molar-refractivity contribution in [3.8, 4) is 0 Å². The summed E-state index contributed by atoms with van der Waals surface area (Å²) in [5.41, 5.74) is 1.15. The third-order valence-corrected chi connectivity index (χ3v) is 2.91. The molecule has 4 nitrogen and oxygen atoms in total. The quantitative estimate of drug-likeness (QED) is 0.848. The van der Waals surface area contributed by atoms with Gasteiger partial charge in [0.25, 0.3) is 5.91 Å². The smallest absolute Gasteiger partial charge is 0.253 e. The first kappa shape index (κ1) is 11.7. The molecule has 88 valence electrons. The maximum atomic E-state index is 12.6. The van der Waals surface area contributed by atoms with E-state index in [-0.39, 0.29) is 5.91 Å². The normalized spacial score (nSPS) is 10.2. The molecule has 2 heterocycles. The molecule has 0 bridgehead atoms. The molecule has 0 saturated heterocycles. The Morgan fingerprint density at radius 3 is 2.94 bits per heavy atom. The van der Waals surface area contributed by atoms with E-state index in [0.717, 1.165) is 16.8 Å². The lowest BCUT2D eigenvalue weighted by Gasteiger charge is -2.02. The highest BCUT2D eigenvalue weighted by atomic mass is 32.1. The van der Waals surface area contributed by atoms with Crippen LogP contribution < -0.4 is 5.32 Å². The van der Waals surface area contributed by atoms with Crippen molar-refractivity contribution in [3.63, 3.8) is 0 Å². The number of rotatable bonds is 3. The number of nitrogens with one attached hydrogen (secondary N) is 1. The minimum atomic E-state index is -0.600. The predicted octanol–water partition coefficient (Wildman–Crippen LogP) is 1.92. The number of pyridine rings is 1. The highest BCUT2D eigenvalue weighted by Crippen LogP contribution is 2.07. The summed E-state index contributed by atoms with van der Waals surface area (Å²) in [6.07, 6.45) is 1.21. The van der Waals surface area contributed by atoms with Gasteiger partial charge in [0, 0.05) is 11.6 Å². The van der Waals surface area contributed by atoms with Gasteiger partial charge in [-0.1, -0.05) is 0 Å². The average Bonchev–Trinajstić information content (AvgIpc) is 2.73. The second-order valence-corrected chi connectivity index (χ2v) is 4.47. The van der Waals surface area contributed by atoms with Crippen molar-refractivity contribution in [2.45, 2.75) is 13.5 Å². The second kappa shape index (κ2) is 5.01. The Balaban J connectivity index is 1.95. The Morgan fingerprint density at radius 1 is 1.53 bits per heavy atom. The number of carbonyl (C=O) groups is 1. The number of aromatic nitrogens is 2. The molecule has 0 saturated carbocycles. The summed E-state index contributed by atoms with van der Waals surface area (Å²) < 4.78 is 12.6. The molecule has 0 aliphatic rings. The van der Waals surface area contributed by atoms with Crippen LogP contribution in [0.15, 0.2) is 23.7 Å². The summed E-state index contributed by atoms with van der Waals surface area (Å²) in [6.45, 7) is 2.26. The van der Waals surface area contributed by atoms with E-state index >= 15 is 0 Å². The molecule has 1 N–H and O–H groups in total. The van der Waals surface area contributed by atoms with Crippen molar-refractivity contribution in [2.75, 3.05) is 0 Å². The zero-order valence-electron chi connectivity index (χ0n) is 9.11. The van der Waals surface area contributed by atoms with Crippen molar-refractivity contribution < 1.29 is 9.18 Å². The number of carbonyl (C=O) groups excluding carboxylic acids is 1. The van der Waals surface area contributed by atoms with Gasteiger partial charge in [-0.25, -0.2) is 9.97 Å². The van der Waals surface area contributed by atoms with E-state index in [0.29, 0.717) is 12.1 Å². The van der Waals surface area contributed by atoms with Crippen LogP contribution >= 0.6 is 11.3 Å². The highest BCUT2D eigenvalue weighted by Gasteiger charge is 2.06. The molecule has 0 fully saturated rings. The summed E-state index contributed by atoms with van der Waals surface area (Å²) in [6, 6.07) is 2.55. The van der Waals surface area contributed by atoms with Crippen molar-refractivity contribution in [1.82, 2.24) is 15.3 Å². The maximum Gasteiger partial charge on any atom is 0.253 e. The van der Waals surface area contributed by atoms with Gasteiger partial charge in [0.2, 0.25) is 5.95 Å². The number of hydrogen-bond acceptors (Lipinski definition) is 4.